The number of hydrogen-bond acceptors (Lipinski definition) is 2. The molecule has 0 atom stereocenters. The molecule has 1 aromatic rings. The zero-order valence-electron chi connectivity index (χ0n) is 8.16. The molecule has 0 aliphatic heterocycles. The standard InChI is InChI=1S/C10H13ClN2O/c1-7-12-9(11)5-10(14)13(7)6-8-3-2-4-8/h5,8H,2-4,6H2,1H3. The van der Waals surface area contributed by atoms with E-state index in [1.54, 1.807) is 4.57 Å². The van der Waals surface area contributed by atoms with Crippen LogP contribution in [0.1, 0.15) is 25.1 Å². The fourth-order valence-electron chi connectivity index (χ4n) is 1.74. The van der Waals surface area contributed by atoms with Crippen molar-refractivity contribution in [2.45, 2.75) is 32.7 Å². The summed E-state index contributed by atoms with van der Waals surface area (Å²) in [6.45, 7) is 2.63. The van der Waals surface area contributed by atoms with E-state index in [0.29, 0.717) is 5.92 Å². The molecule has 0 radical (unpaired) electrons. The molecular formula is C10H13ClN2O. The molecule has 0 unspecified atom stereocenters. The Morgan fingerprint density at radius 1 is 1.64 bits per heavy atom. The van der Waals surface area contributed by atoms with Gasteiger partial charge < -0.3 is 0 Å². The molecule has 1 heterocycles. The summed E-state index contributed by atoms with van der Waals surface area (Å²) in [5, 5.41) is 0.289. The molecule has 1 fully saturated rings. The highest BCUT2D eigenvalue weighted by atomic mass is 35.5. The monoisotopic (exact) mass is 212 g/mol. The van der Waals surface area contributed by atoms with Crippen molar-refractivity contribution in [2.24, 2.45) is 5.92 Å². The van der Waals surface area contributed by atoms with Crippen LogP contribution in [0.25, 0.3) is 0 Å². The maximum atomic E-state index is 11.6. The predicted octanol–water partition coefficient (Wildman–Crippen LogP) is 2.01. The number of aromatic nitrogens is 2. The van der Waals surface area contributed by atoms with Crippen molar-refractivity contribution in [3.05, 3.63) is 27.4 Å². The molecule has 1 aliphatic rings. The summed E-state index contributed by atoms with van der Waals surface area (Å²) in [5.41, 5.74) is -0.0330. The first-order valence-corrected chi connectivity index (χ1v) is 5.28. The molecule has 4 heteroatoms. The van der Waals surface area contributed by atoms with Gasteiger partial charge in [-0.1, -0.05) is 18.0 Å². The quantitative estimate of drug-likeness (QED) is 0.703. The molecule has 2 rings (SSSR count). The number of halogens is 1. The van der Waals surface area contributed by atoms with Gasteiger partial charge in [-0.3, -0.25) is 9.36 Å². The van der Waals surface area contributed by atoms with E-state index in [1.165, 1.54) is 25.3 Å². The van der Waals surface area contributed by atoms with Crippen LogP contribution in [0.2, 0.25) is 5.15 Å². The SMILES string of the molecule is Cc1nc(Cl)cc(=O)n1CC1CCC1. The highest BCUT2D eigenvalue weighted by Crippen LogP contribution is 2.27. The maximum Gasteiger partial charge on any atom is 0.254 e. The third kappa shape index (κ3) is 1.82. The minimum atomic E-state index is -0.0330. The van der Waals surface area contributed by atoms with Gasteiger partial charge in [0, 0.05) is 12.6 Å². The van der Waals surface area contributed by atoms with Crippen LogP contribution in [-0.2, 0) is 6.54 Å². The Bertz CT molecular complexity index is 396. The van der Waals surface area contributed by atoms with Crippen molar-refractivity contribution in [3.63, 3.8) is 0 Å². The first kappa shape index (κ1) is 9.71. The highest BCUT2D eigenvalue weighted by Gasteiger charge is 2.19. The lowest BCUT2D eigenvalue weighted by Gasteiger charge is -2.26. The minimum absolute atomic E-state index is 0.0330. The second-order valence-corrected chi connectivity index (χ2v) is 4.26. The van der Waals surface area contributed by atoms with Crippen LogP contribution >= 0.6 is 11.6 Å². The topological polar surface area (TPSA) is 34.9 Å². The molecular weight excluding hydrogens is 200 g/mol. The summed E-state index contributed by atoms with van der Waals surface area (Å²) in [5.74, 6) is 1.38. The number of hydrogen-bond donors (Lipinski definition) is 0. The second kappa shape index (κ2) is 3.73. The average Bonchev–Trinajstić information content (AvgIpc) is 1.98. The van der Waals surface area contributed by atoms with Crippen LogP contribution in [0.15, 0.2) is 10.9 Å². The summed E-state index contributed by atoms with van der Waals surface area (Å²) in [6, 6.07) is 1.38. The van der Waals surface area contributed by atoms with Crippen molar-refractivity contribution in [3.8, 4) is 0 Å². The molecule has 0 spiro atoms. The van der Waals surface area contributed by atoms with Gasteiger partial charge in [-0.05, 0) is 25.7 Å². The van der Waals surface area contributed by atoms with Crippen molar-refractivity contribution in [2.75, 3.05) is 0 Å². The van der Waals surface area contributed by atoms with Crippen molar-refractivity contribution < 1.29 is 0 Å². The van der Waals surface area contributed by atoms with E-state index >= 15 is 0 Å². The number of rotatable bonds is 2. The maximum absolute atomic E-state index is 11.6. The van der Waals surface area contributed by atoms with E-state index in [1.807, 2.05) is 6.92 Å². The molecule has 14 heavy (non-hydrogen) atoms. The Hall–Kier alpha value is -0.830. The molecule has 0 N–H and O–H groups in total. The van der Waals surface area contributed by atoms with E-state index in [-0.39, 0.29) is 10.7 Å². The van der Waals surface area contributed by atoms with Crippen LogP contribution in [0.3, 0.4) is 0 Å². The summed E-state index contributed by atoms with van der Waals surface area (Å²) in [4.78, 5) is 15.6. The lowest BCUT2D eigenvalue weighted by Crippen LogP contribution is -2.29. The van der Waals surface area contributed by atoms with E-state index in [9.17, 15) is 4.79 Å². The third-order valence-electron chi connectivity index (χ3n) is 2.83. The average molecular weight is 213 g/mol. The van der Waals surface area contributed by atoms with Crippen LogP contribution in [-0.4, -0.2) is 9.55 Å². The smallest absolute Gasteiger partial charge is 0.254 e. The summed E-state index contributed by atoms with van der Waals surface area (Å²) in [7, 11) is 0. The fourth-order valence-corrected chi connectivity index (χ4v) is 1.96. The van der Waals surface area contributed by atoms with Gasteiger partial charge in [-0.15, -0.1) is 0 Å². The van der Waals surface area contributed by atoms with Crippen molar-refractivity contribution in [1.82, 2.24) is 9.55 Å². The molecule has 3 nitrogen and oxygen atoms in total. The molecule has 76 valence electrons. The predicted molar refractivity (Wildman–Crippen MR) is 55.6 cm³/mol. The third-order valence-corrected chi connectivity index (χ3v) is 3.03. The van der Waals surface area contributed by atoms with Gasteiger partial charge in [0.2, 0.25) is 0 Å². The molecule has 0 amide bonds. The molecule has 0 aromatic carbocycles. The Morgan fingerprint density at radius 3 is 2.86 bits per heavy atom. The van der Waals surface area contributed by atoms with Gasteiger partial charge in [-0.25, -0.2) is 4.98 Å². The Morgan fingerprint density at radius 2 is 2.36 bits per heavy atom. The van der Waals surface area contributed by atoms with Gasteiger partial charge in [0.05, 0.1) is 0 Å². The Labute approximate surface area is 87.7 Å². The molecule has 0 saturated heterocycles. The van der Waals surface area contributed by atoms with E-state index in [2.05, 4.69) is 4.98 Å². The largest absolute Gasteiger partial charge is 0.297 e. The van der Waals surface area contributed by atoms with Crippen LogP contribution in [0.4, 0.5) is 0 Å². The lowest BCUT2D eigenvalue weighted by molar-refractivity contribution is 0.270. The van der Waals surface area contributed by atoms with E-state index < -0.39 is 0 Å². The Kier molecular flexibility index (Phi) is 2.59. The fraction of sp³-hybridized carbons (Fsp3) is 0.600. The van der Waals surface area contributed by atoms with Crippen LogP contribution in [0, 0.1) is 12.8 Å². The van der Waals surface area contributed by atoms with Gasteiger partial charge >= 0.3 is 0 Å². The van der Waals surface area contributed by atoms with E-state index in [0.717, 1.165) is 12.4 Å². The first-order chi connectivity index (χ1) is 6.66. The van der Waals surface area contributed by atoms with Crippen LogP contribution in [0.5, 0.6) is 0 Å². The summed E-state index contributed by atoms with van der Waals surface area (Å²) in [6.07, 6.45) is 3.75. The van der Waals surface area contributed by atoms with Crippen molar-refractivity contribution in [1.29, 1.82) is 0 Å². The molecule has 1 saturated carbocycles. The second-order valence-electron chi connectivity index (χ2n) is 3.87. The van der Waals surface area contributed by atoms with Gasteiger partial charge in [-0.2, -0.15) is 0 Å². The highest BCUT2D eigenvalue weighted by molar-refractivity contribution is 6.29. The zero-order valence-corrected chi connectivity index (χ0v) is 8.92. The van der Waals surface area contributed by atoms with Gasteiger partial charge in [0.1, 0.15) is 11.0 Å². The van der Waals surface area contributed by atoms with E-state index in [4.69, 9.17) is 11.6 Å². The molecule has 1 aliphatic carbocycles. The summed E-state index contributed by atoms with van der Waals surface area (Å²) < 4.78 is 1.72. The number of nitrogens with zero attached hydrogens (tertiary/aromatic N) is 2. The minimum Gasteiger partial charge on any atom is -0.297 e. The normalized spacial score (nSPS) is 16.7. The summed E-state index contributed by atoms with van der Waals surface area (Å²) >= 11 is 5.68. The first-order valence-electron chi connectivity index (χ1n) is 4.91. The zero-order chi connectivity index (χ0) is 10.1. The lowest BCUT2D eigenvalue weighted by atomic mass is 9.85. The molecule has 1 aromatic heterocycles. The number of aryl methyl sites for hydroxylation is 1. The van der Waals surface area contributed by atoms with Crippen molar-refractivity contribution >= 4 is 11.6 Å². The Balaban J connectivity index is 2.27. The van der Waals surface area contributed by atoms with Crippen LogP contribution < -0.4 is 5.56 Å². The molecule has 0 bridgehead atoms. The van der Waals surface area contributed by atoms with Gasteiger partial charge in [0.15, 0.2) is 0 Å². The van der Waals surface area contributed by atoms with Gasteiger partial charge in [0.25, 0.3) is 5.56 Å².